The van der Waals surface area contributed by atoms with E-state index in [1.165, 1.54) is 0 Å². The molecular weight excluding hydrogens is 350 g/mol. The fourth-order valence-electron chi connectivity index (χ4n) is 3.58. The van der Waals surface area contributed by atoms with E-state index in [4.69, 9.17) is 4.74 Å². The first-order valence-corrected chi connectivity index (χ1v) is 10.5. The number of rotatable bonds is 5. The molecule has 26 heavy (non-hydrogen) atoms. The molecule has 2 fully saturated rings. The average molecular weight is 382 g/mol. The summed E-state index contributed by atoms with van der Waals surface area (Å²) in [5.74, 6) is 0.654. The van der Waals surface area contributed by atoms with Crippen molar-refractivity contribution in [3.05, 3.63) is 11.6 Å². The number of urea groups is 1. The van der Waals surface area contributed by atoms with Gasteiger partial charge in [0.05, 0.1) is 12.7 Å². The normalized spacial score (nSPS) is 22.5. The summed E-state index contributed by atoms with van der Waals surface area (Å²) in [7, 11) is 0. The Morgan fingerprint density at radius 2 is 2.23 bits per heavy atom. The summed E-state index contributed by atoms with van der Waals surface area (Å²) >= 11 is 1.66. The third-order valence-corrected chi connectivity index (χ3v) is 5.63. The lowest BCUT2D eigenvalue weighted by molar-refractivity contribution is -0.0293. The first-order chi connectivity index (χ1) is 12.6. The van der Waals surface area contributed by atoms with Crippen molar-refractivity contribution in [1.82, 2.24) is 20.1 Å². The molecule has 0 radical (unpaired) electrons. The van der Waals surface area contributed by atoms with Crippen LogP contribution >= 0.6 is 11.3 Å². The predicted molar refractivity (Wildman–Crippen MR) is 105 cm³/mol. The van der Waals surface area contributed by atoms with E-state index in [1.54, 1.807) is 11.3 Å². The van der Waals surface area contributed by atoms with Crippen LogP contribution in [0.1, 0.15) is 20.3 Å². The lowest BCUT2D eigenvalue weighted by Gasteiger charge is -2.34. The summed E-state index contributed by atoms with van der Waals surface area (Å²) in [5.41, 5.74) is 0. The summed E-state index contributed by atoms with van der Waals surface area (Å²) < 4.78 is 5.83. The minimum absolute atomic E-state index is 0.0237. The van der Waals surface area contributed by atoms with Gasteiger partial charge in [-0.25, -0.2) is 9.78 Å². The highest BCUT2D eigenvalue weighted by Gasteiger charge is 2.24. The van der Waals surface area contributed by atoms with Crippen molar-refractivity contribution in [3.63, 3.8) is 0 Å². The molecule has 2 aliphatic heterocycles. The molecule has 7 nitrogen and oxygen atoms in total. The maximum Gasteiger partial charge on any atom is 0.317 e. The molecule has 0 saturated carbocycles. The molecule has 146 valence electrons. The Morgan fingerprint density at radius 1 is 1.35 bits per heavy atom. The van der Waals surface area contributed by atoms with Crippen molar-refractivity contribution in [1.29, 1.82) is 0 Å². The third kappa shape index (κ3) is 5.56. The molecule has 2 amide bonds. The van der Waals surface area contributed by atoms with Crippen molar-refractivity contribution in [2.75, 3.05) is 63.9 Å². The van der Waals surface area contributed by atoms with Crippen LogP contribution < -0.4 is 10.2 Å². The Morgan fingerprint density at radius 3 is 3.00 bits per heavy atom. The lowest BCUT2D eigenvalue weighted by atomic mass is 10.2. The number of morpholine rings is 1. The maximum absolute atomic E-state index is 12.6. The molecule has 1 aromatic heterocycles. The summed E-state index contributed by atoms with van der Waals surface area (Å²) in [6, 6.07) is 0.0237. The third-order valence-electron chi connectivity index (χ3n) is 4.80. The Balaban J connectivity index is 1.42. The molecular formula is C18H31N5O2S. The molecule has 3 rings (SSSR count). The summed E-state index contributed by atoms with van der Waals surface area (Å²) in [4.78, 5) is 23.6. The highest BCUT2D eigenvalue weighted by atomic mass is 32.1. The van der Waals surface area contributed by atoms with Gasteiger partial charge in [0.15, 0.2) is 5.13 Å². The topological polar surface area (TPSA) is 60.9 Å². The number of nitrogens with one attached hydrogen (secondary N) is 1. The van der Waals surface area contributed by atoms with Crippen LogP contribution in [-0.4, -0.2) is 85.9 Å². The van der Waals surface area contributed by atoms with Gasteiger partial charge in [0.1, 0.15) is 0 Å². The van der Waals surface area contributed by atoms with E-state index < -0.39 is 0 Å². The van der Waals surface area contributed by atoms with Gasteiger partial charge in [0.25, 0.3) is 0 Å². The van der Waals surface area contributed by atoms with Gasteiger partial charge in [-0.3, -0.25) is 4.90 Å². The lowest BCUT2D eigenvalue weighted by Crippen LogP contribution is -2.50. The van der Waals surface area contributed by atoms with E-state index in [0.29, 0.717) is 12.5 Å². The Labute approximate surface area is 160 Å². The van der Waals surface area contributed by atoms with Gasteiger partial charge < -0.3 is 19.9 Å². The fraction of sp³-hybridized carbons (Fsp3) is 0.778. The van der Waals surface area contributed by atoms with E-state index in [1.807, 2.05) is 16.5 Å². The number of carbonyl (C=O) groups is 1. The van der Waals surface area contributed by atoms with Crippen molar-refractivity contribution >= 4 is 22.5 Å². The quantitative estimate of drug-likeness (QED) is 0.842. The van der Waals surface area contributed by atoms with Crippen LogP contribution in [0.15, 0.2) is 11.6 Å². The van der Waals surface area contributed by atoms with E-state index >= 15 is 0 Å². The van der Waals surface area contributed by atoms with Gasteiger partial charge in [-0.1, -0.05) is 13.8 Å². The number of anilines is 1. The molecule has 8 heteroatoms. The predicted octanol–water partition coefficient (Wildman–Crippen LogP) is 1.72. The van der Waals surface area contributed by atoms with Crippen LogP contribution in [0.2, 0.25) is 0 Å². The molecule has 0 aliphatic carbocycles. The molecule has 0 aromatic carbocycles. The first-order valence-electron chi connectivity index (χ1n) is 9.63. The van der Waals surface area contributed by atoms with Crippen molar-refractivity contribution < 1.29 is 9.53 Å². The minimum Gasteiger partial charge on any atom is -0.374 e. The number of hydrogen-bond acceptors (Lipinski definition) is 6. The molecule has 2 saturated heterocycles. The van der Waals surface area contributed by atoms with Crippen molar-refractivity contribution in [2.45, 2.75) is 26.4 Å². The molecule has 0 spiro atoms. The number of aromatic nitrogens is 1. The van der Waals surface area contributed by atoms with Gasteiger partial charge in [0.2, 0.25) is 0 Å². The van der Waals surface area contributed by atoms with Crippen LogP contribution in [-0.2, 0) is 4.74 Å². The Bertz CT molecular complexity index is 554. The van der Waals surface area contributed by atoms with Gasteiger partial charge in [-0.15, -0.1) is 11.3 Å². The summed E-state index contributed by atoms with van der Waals surface area (Å²) in [5, 5.41) is 6.12. The second-order valence-corrected chi connectivity index (χ2v) is 8.35. The van der Waals surface area contributed by atoms with Crippen LogP contribution in [0.25, 0.3) is 0 Å². The number of amides is 2. The van der Waals surface area contributed by atoms with Crippen LogP contribution in [0, 0.1) is 5.92 Å². The molecule has 1 N–H and O–H groups in total. The average Bonchev–Trinajstić information content (AvgIpc) is 3.04. The Kier molecular flexibility index (Phi) is 7.10. The number of thiazole rings is 1. The smallest absolute Gasteiger partial charge is 0.317 e. The molecule has 3 heterocycles. The molecule has 1 aromatic rings. The van der Waals surface area contributed by atoms with Gasteiger partial charge in [-0.05, 0) is 12.3 Å². The summed E-state index contributed by atoms with van der Waals surface area (Å²) in [6.45, 7) is 12.1. The summed E-state index contributed by atoms with van der Waals surface area (Å²) in [6.07, 6.45) is 2.89. The number of nitrogens with zero attached hydrogens (tertiary/aromatic N) is 4. The maximum atomic E-state index is 12.6. The highest BCUT2D eigenvalue weighted by Crippen LogP contribution is 2.19. The second kappa shape index (κ2) is 9.53. The zero-order chi connectivity index (χ0) is 18.4. The van der Waals surface area contributed by atoms with Gasteiger partial charge >= 0.3 is 6.03 Å². The van der Waals surface area contributed by atoms with Crippen LogP contribution in [0.3, 0.4) is 0 Å². The van der Waals surface area contributed by atoms with Crippen molar-refractivity contribution in [2.24, 2.45) is 5.92 Å². The number of ether oxygens (including phenoxy) is 1. The largest absolute Gasteiger partial charge is 0.374 e. The van der Waals surface area contributed by atoms with Crippen LogP contribution in [0.5, 0.6) is 0 Å². The standard InChI is InChI=1S/C18H31N5O2S/c1-15(2)13-21-9-10-25-16(14-21)12-20-17(24)22-5-3-6-23(8-7-22)18-19-4-11-26-18/h4,11,15-16H,3,5-10,12-14H2,1-2H3,(H,20,24)/t16-/m1/s1. The highest BCUT2D eigenvalue weighted by molar-refractivity contribution is 7.13. The minimum atomic E-state index is 0.0237. The van der Waals surface area contributed by atoms with Crippen molar-refractivity contribution in [3.8, 4) is 0 Å². The van der Waals surface area contributed by atoms with E-state index in [0.717, 1.165) is 64.0 Å². The molecule has 0 unspecified atom stereocenters. The zero-order valence-corrected chi connectivity index (χ0v) is 16.7. The SMILES string of the molecule is CC(C)CN1CCO[C@H](CNC(=O)N2CCCN(c3nccs3)CC2)C1. The first kappa shape index (κ1) is 19.4. The Hall–Kier alpha value is -1.38. The van der Waals surface area contributed by atoms with E-state index in [-0.39, 0.29) is 12.1 Å². The molecule has 1 atom stereocenters. The molecule has 0 bridgehead atoms. The van der Waals surface area contributed by atoms with Crippen LogP contribution in [0.4, 0.5) is 9.93 Å². The zero-order valence-electron chi connectivity index (χ0n) is 15.9. The van der Waals surface area contributed by atoms with E-state index in [9.17, 15) is 4.79 Å². The van der Waals surface area contributed by atoms with E-state index in [2.05, 4.69) is 33.9 Å². The number of carbonyl (C=O) groups excluding carboxylic acids is 1. The van der Waals surface area contributed by atoms with Gasteiger partial charge in [-0.2, -0.15) is 0 Å². The van der Waals surface area contributed by atoms with Gasteiger partial charge in [0, 0.05) is 63.9 Å². The monoisotopic (exact) mass is 381 g/mol. The second-order valence-electron chi connectivity index (χ2n) is 7.47. The number of hydrogen-bond donors (Lipinski definition) is 1. The molecule has 2 aliphatic rings. The fourth-order valence-corrected chi connectivity index (χ4v) is 4.28.